The van der Waals surface area contributed by atoms with Crippen molar-refractivity contribution < 1.29 is 22.7 Å². The summed E-state index contributed by atoms with van der Waals surface area (Å²) in [6.45, 7) is 5.97. The summed E-state index contributed by atoms with van der Waals surface area (Å²) in [6.07, 6.45) is -3.47. The number of hydrogen-bond donors (Lipinski definition) is 0. The third-order valence-electron chi connectivity index (χ3n) is 3.80. The normalized spacial score (nSPS) is 20.1. The van der Waals surface area contributed by atoms with E-state index in [-0.39, 0.29) is 12.5 Å². The lowest BCUT2D eigenvalue weighted by atomic mass is 9.83. The molecule has 0 spiro atoms. The second-order valence-corrected chi connectivity index (χ2v) is 6.48. The van der Waals surface area contributed by atoms with E-state index < -0.39 is 23.4 Å². The molecular formula is C14H24F3NO2. The van der Waals surface area contributed by atoms with Gasteiger partial charge in [-0.25, -0.2) is 0 Å². The Morgan fingerprint density at radius 3 is 2.10 bits per heavy atom. The van der Waals surface area contributed by atoms with Crippen LogP contribution in [0.15, 0.2) is 0 Å². The topological polar surface area (TPSA) is 29.5 Å². The molecular weight excluding hydrogens is 271 g/mol. The van der Waals surface area contributed by atoms with Gasteiger partial charge in [-0.1, -0.05) is 20.8 Å². The highest BCUT2D eigenvalue weighted by Crippen LogP contribution is 2.38. The van der Waals surface area contributed by atoms with E-state index in [1.807, 2.05) is 20.8 Å². The molecule has 1 aliphatic heterocycles. The third kappa shape index (κ3) is 4.36. The molecule has 0 aromatic carbocycles. The van der Waals surface area contributed by atoms with Crippen LogP contribution in [-0.2, 0) is 9.53 Å². The molecule has 1 rings (SSSR count). The SMILES string of the molecule is COCC(C1CCN(C(=O)C(C)(C)C)CC1)C(F)(F)F. The van der Waals surface area contributed by atoms with Crippen LogP contribution in [0, 0.1) is 17.3 Å². The van der Waals surface area contributed by atoms with Crippen molar-refractivity contribution in [3.63, 3.8) is 0 Å². The molecule has 1 atom stereocenters. The standard InChI is InChI=1S/C14H24F3NO2/c1-13(2,3)12(19)18-7-5-10(6-8-18)11(9-20-4)14(15,16)17/h10-11H,5-9H2,1-4H3. The van der Waals surface area contributed by atoms with Gasteiger partial charge in [-0.05, 0) is 18.8 Å². The molecule has 1 unspecified atom stereocenters. The summed E-state index contributed by atoms with van der Waals surface area (Å²) in [5, 5.41) is 0. The average Bonchev–Trinajstić information content (AvgIpc) is 2.33. The maximum Gasteiger partial charge on any atom is 0.394 e. The van der Waals surface area contributed by atoms with E-state index in [9.17, 15) is 18.0 Å². The number of halogens is 3. The van der Waals surface area contributed by atoms with Crippen LogP contribution in [0.2, 0.25) is 0 Å². The largest absolute Gasteiger partial charge is 0.394 e. The van der Waals surface area contributed by atoms with Crippen LogP contribution >= 0.6 is 0 Å². The van der Waals surface area contributed by atoms with E-state index in [4.69, 9.17) is 4.74 Å². The summed E-state index contributed by atoms with van der Waals surface area (Å²) in [5.74, 6) is -1.88. The van der Waals surface area contributed by atoms with Gasteiger partial charge in [0.1, 0.15) is 0 Å². The van der Waals surface area contributed by atoms with Crippen molar-refractivity contribution in [3.05, 3.63) is 0 Å². The maximum atomic E-state index is 13.0. The smallest absolute Gasteiger partial charge is 0.384 e. The number of nitrogens with zero attached hydrogens (tertiary/aromatic N) is 1. The summed E-state index contributed by atoms with van der Waals surface area (Å²) in [5.41, 5.74) is -0.483. The highest BCUT2D eigenvalue weighted by molar-refractivity contribution is 5.81. The van der Waals surface area contributed by atoms with Gasteiger partial charge in [0.25, 0.3) is 0 Å². The first-order valence-corrected chi connectivity index (χ1v) is 6.92. The predicted octanol–water partition coefficient (Wildman–Crippen LogP) is 3.10. The number of piperidine rings is 1. The zero-order chi connectivity index (χ0) is 15.6. The van der Waals surface area contributed by atoms with E-state index in [2.05, 4.69) is 0 Å². The van der Waals surface area contributed by atoms with E-state index >= 15 is 0 Å². The minimum atomic E-state index is -4.24. The van der Waals surface area contributed by atoms with Crippen molar-refractivity contribution in [2.24, 2.45) is 17.3 Å². The molecule has 1 aliphatic rings. The van der Waals surface area contributed by atoms with Crippen LogP contribution in [0.5, 0.6) is 0 Å². The lowest BCUT2D eigenvalue weighted by Gasteiger charge is -2.38. The Hall–Kier alpha value is -0.780. The number of hydrogen-bond acceptors (Lipinski definition) is 2. The fourth-order valence-corrected chi connectivity index (χ4v) is 2.66. The minimum Gasteiger partial charge on any atom is -0.384 e. The van der Waals surface area contributed by atoms with E-state index in [1.165, 1.54) is 7.11 Å². The highest BCUT2D eigenvalue weighted by Gasteiger charge is 2.45. The molecule has 0 bridgehead atoms. The van der Waals surface area contributed by atoms with Gasteiger partial charge in [-0.2, -0.15) is 13.2 Å². The lowest BCUT2D eigenvalue weighted by molar-refractivity contribution is -0.204. The van der Waals surface area contributed by atoms with Crippen molar-refractivity contribution in [2.75, 3.05) is 26.8 Å². The Morgan fingerprint density at radius 2 is 1.75 bits per heavy atom. The van der Waals surface area contributed by atoms with Crippen molar-refractivity contribution >= 4 is 5.91 Å². The molecule has 0 N–H and O–H groups in total. The summed E-state index contributed by atoms with van der Waals surface area (Å²) in [4.78, 5) is 13.8. The lowest BCUT2D eigenvalue weighted by Crippen LogP contribution is -2.47. The highest BCUT2D eigenvalue weighted by atomic mass is 19.4. The Labute approximate surface area is 118 Å². The maximum absolute atomic E-state index is 13.0. The number of carbonyl (C=O) groups excluding carboxylic acids is 1. The first-order valence-electron chi connectivity index (χ1n) is 6.92. The quantitative estimate of drug-likeness (QED) is 0.800. The summed E-state index contributed by atoms with van der Waals surface area (Å²) < 4.78 is 43.6. The van der Waals surface area contributed by atoms with E-state index in [1.54, 1.807) is 4.90 Å². The third-order valence-corrected chi connectivity index (χ3v) is 3.80. The number of amides is 1. The summed E-state index contributed by atoms with van der Waals surface area (Å²) in [7, 11) is 1.29. The van der Waals surface area contributed by atoms with Crippen LogP contribution in [0.4, 0.5) is 13.2 Å². The predicted molar refractivity (Wildman–Crippen MR) is 70.2 cm³/mol. The molecule has 1 amide bonds. The van der Waals surface area contributed by atoms with Crippen molar-refractivity contribution in [2.45, 2.75) is 39.8 Å². The average molecular weight is 295 g/mol. The number of rotatable bonds is 3. The molecule has 20 heavy (non-hydrogen) atoms. The van der Waals surface area contributed by atoms with Crippen LogP contribution in [0.3, 0.4) is 0 Å². The monoisotopic (exact) mass is 295 g/mol. The van der Waals surface area contributed by atoms with Crippen LogP contribution < -0.4 is 0 Å². The molecule has 0 aliphatic carbocycles. The number of likely N-dealkylation sites (tertiary alicyclic amines) is 1. The van der Waals surface area contributed by atoms with Crippen molar-refractivity contribution in [3.8, 4) is 0 Å². The van der Waals surface area contributed by atoms with Gasteiger partial charge in [0.05, 0.1) is 12.5 Å². The van der Waals surface area contributed by atoms with Crippen molar-refractivity contribution in [1.82, 2.24) is 4.90 Å². The van der Waals surface area contributed by atoms with Gasteiger partial charge in [0.2, 0.25) is 5.91 Å². The fourth-order valence-electron chi connectivity index (χ4n) is 2.66. The second kappa shape index (κ2) is 6.33. The molecule has 1 fully saturated rings. The van der Waals surface area contributed by atoms with Gasteiger partial charge in [0.15, 0.2) is 0 Å². The Morgan fingerprint density at radius 1 is 1.25 bits per heavy atom. The molecule has 6 heteroatoms. The van der Waals surface area contributed by atoms with Gasteiger partial charge in [0, 0.05) is 25.6 Å². The molecule has 3 nitrogen and oxygen atoms in total. The van der Waals surface area contributed by atoms with Crippen molar-refractivity contribution in [1.29, 1.82) is 0 Å². The van der Waals surface area contributed by atoms with E-state index in [0.29, 0.717) is 25.9 Å². The molecule has 1 saturated heterocycles. The molecule has 0 radical (unpaired) electrons. The van der Waals surface area contributed by atoms with Crippen LogP contribution in [0.1, 0.15) is 33.6 Å². The fraction of sp³-hybridized carbons (Fsp3) is 0.929. The molecule has 0 saturated carbocycles. The molecule has 1 heterocycles. The van der Waals surface area contributed by atoms with Gasteiger partial charge in [-0.15, -0.1) is 0 Å². The number of alkyl halides is 3. The zero-order valence-corrected chi connectivity index (χ0v) is 12.6. The number of methoxy groups -OCH3 is 1. The van der Waals surface area contributed by atoms with Gasteiger partial charge in [-0.3, -0.25) is 4.79 Å². The zero-order valence-electron chi connectivity index (χ0n) is 12.6. The summed E-state index contributed by atoms with van der Waals surface area (Å²) >= 11 is 0. The van der Waals surface area contributed by atoms with Crippen LogP contribution in [-0.4, -0.2) is 43.8 Å². The first kappa shape index (κ1) is 17.3. The van der Waals surface area contributed by atoms with Crippen LogP contribution in [0.25, 0.3) is 0 Å². The second-order valence-electron chi connectivity index (χ2n) is 6.48. The van der Waals surface area contributed by atoms with Gasteiger partial charge >= 0.3 is 6.18 Å². The molecule has 0 aromatic heterocycles. The first-order chi connectivity index (χ1) is 9.07. The molecule has 118 valence electrons. The Balaban J connectivity index is 2.63. The van der Waals surface area contributed by atoms with Gasteiger partial charge < -0.3 is 9.64 Å². The Bertz CT molecular complexity index is 328. The summed E-state index contributed by atoms with van der Waals surface area (Å²) in [6, 6.07) is 0. The Kier molecular flexibility index (Phi) is 5.46. The number of carbonyl (C=O) groups is 1. The molecule has 0 aromatic rings. The number of ether oxygens (including phenoxy) is 1. The minimum absolute atomic E-state index is 0.00579. The van der Waals surface area contributed by atoms with E-state index in [0.717, 1.165) is 0 Å².